The van der Waals surface area contributed by atoms with Crippen molar-refractivity contribution in [2.75, 3.05) is 11.4 Å². The maximum atomic E-state index is 14.2. The Balaban J connectivity index is 1.51. The Morgan fingerprint density at radius 1 is 0.900 bits per heavy atom. The summed E-state index contributed by atoms with van der Waals surface area (Å²) in [6.07, 6.45) is 1.10. The van der Waals surface area contributed by atoms with Crippen molar-refractivity contribution in [1.82, 2.24) is 10.2 Å². The summed E-state index contributed by atoms with van der Waals surface area (Å²) in [5.41, 5.74) is 3.07. The van der Waals surface area contributed by atoms with Crippen molar-refractivity contribution in [3.05, 3.63) is 113 Å². The van der Waals surface area contributed by atoms with Gasteiger partial charge in [-0.15, -0.1) is 0 Å². The minimum Gasteiger partial charge on any atom is -0.352 e. The summed E-state index contributed by atoms with van der Waals surface area (Å²) in [6.45, 7) is 3.97. The molecule has 0 saturated heterocycles. The van der Waals surface area contributed by atoms with Crippen molar-refractivity contribution >= 4 is 45.8 Å². The highest BCUT2D eigenvalue weighted by molar-refractivity contribution is 6.30. The van der Waals surface area contributed by atoms with Crippen LogP contribution in [0.1, 0.15) is 41.8 Å². The third-order valence-electron chi connectivity index (χ3n) is 7.48. The quantitative estimate of drug-likeness (QED) is 0.261. The molecule has 1 aliphatic rings. The molecule has 0 bridgehead atoms. The molecule has 5 rings (SSSR count). The van der Waals surface area contributed by atoms with Gasteiger partial charge in [0.15, 0.2) is 0 Å². The molecule has 2 unspecified atom stereocenters. The molecular weight excluding hydrogens is 522 g/mol. The first kappa shape index (κ1) is 27.4. The summed E-state index contributed by atoms with van der Waals surface area (Å²) >= 11 is 6.13. The summed E-state index contributed by atoms with van der Waals surface area (Å²) in [5, 5.41) is 5.47. The SMILES string of the molecule is CCC(C)NC(=O)C(Cc1ccccc1)N(Cc1ccc(Cl)cc1)C(=O)CN1C(=O)c2cccc3cccc1c23. The number of benzene rings is 4. The van der Waals surface area contributed by atoms with Crippen molar-refractivity contribution in [1.29, 1.82) is 0 Å². The number of hydrogen-bond donors (Lipinski definition) is 1. The number of carbonyl (C=O) groups excluding carboxylic acids is 3. The topological polar surface area (TPSA) is 69.7 Å². The Hall–Kier alpha value is -4.16. The number of hydrogen-bond acceptors (Lipinski definition) is 3. The molecule has 4 aromatic carbocycles. The van der Waals surface area contributed by atoms with Crippen molar-refractivity contribution < 1.29 is 14.4 Å². The van der Waals surface area contributed by atoms with Crippen LogP contribution in [0.25, 0.3) is 10.8 Å². The number of anilines is 1. The standard InChI is InChI=1S/C33H32ClN3O3/c1-3-22(2)35-32(39)29(19-23-9-5-4-6-10-23)36(20-24-15-17-26(34)18-16-24)30(38)21-37-28-14-8-12-25-11-7-13-27(31(25)28)33(37)40/h4-18,22,29H,3,19-21H2,1-2H3,(H,35,39). The lowest BCUT2D eigenvalue weighted by atomic mass is 10.0. The lowest BCUT2D eigenvalue weighted by molar-refractivity contribution is -0.140. The molecule has 204 valence electrons. The number of nitrogens with zero attached hydrogens (tertiary/aromatic N) is 2. The van der Waals surface area contributed by atoms with Crippen molar-refractivity contribution in [3.8, 4) is 0 Å². The van der Waals surface area contributed by atoms with Crippen LogP contribution in [0.15, 0.2) is 91.0 Å². The van der Waals surface area contributed by atoms with Crippen LogP contribution in [0.4, 0.5) is 5.69 Å². The van der Waals surface area contributed by atoms with E-state index in [0.717, 1.165) is 28.3 Å². The smallest absolute Gasteiger partial charge is 0.259 e. The van der Waals surface area contributed by atoms with Crippen LogP contribution in [-0.2, 0) is 22.6 Å². The monoisotopic (exact) mass is 553 g/mol. The van der Waals surface area contributed by atoms with E-state index in [1.165, 1.54) is 4.90 Å². The molecule has 1 heterocycles. The summed E-state index contributed by atoms with van der Waals surface area (Å²) < 4.78 is 0. The van der Waals surface area contributed by atoms with E-state index >= 15 is 0 Å². The third-order valence-corrected chi connectivity index (χ3v) is 7.73. The Morgan fingerprint density at radius 3 is 2.30 bits per heavy atom. The molecule has 2 atom stereocenters. The predicted molar refractivity (Wildman–Crippen MR) is 159 cm³/mol. The molecule has 0 aliphatic carbocycles. The summed E-state index contributed by atoms with van der Waals surface area (Å²) in [4.78, 5) is 44.5. The number of amides is 3. The summed E-state index contributed by atoms with van der Waals surface area (Å²) in [7, 11) is 0. The van der Waals surface area contributed by atoms with E-state index < -0.39 is 6.04 Å². The maximum absolute atomic E-state index is 14.2. The molecule has 4 aromatic rings. The minimum absolute atomic E-state index is 0.0504. The fourth-order valence-corrected chi connectivity index (χ4v) is 5.27. The van der Waals surface area contributed by atoms with E-state index in [0.29, 0.717) is 22.7 Å². The highest BCUT2D eigenvalue weighted by Gasteiger charge is 2.36. The average molecular weight is 554 g/mol. The van der Waals surface area contributed by atoms with Gasteiger partial charge in [0.1, 0.15) is 12.6 Å². The van der Waals surface area contributed by atoms with Gasteiger partial charge in [0.25, 0.3) is 5.91 Å². The van der Waals surface area contributed by atoms with Crippen LogP contribution >= 0.6 is 11.6 Å². The van der Waals surface area contributed by atoms with E-state index in [1.54, 1.807) is 23.1 Å². The first-order valence-corrected chi connectivity index (χ1v) is 13.9. The van der Waals surface area contributed by atoms with Crippen LogP contribution in [-0.4, -0.2) is 41.2 Å². The third kappa shape index (κ3) is 5.73. The lowest BCUT2D eigenvalue weighted by Crippen LogP contribution is -2.54. The number of carbonyl (C=O) groups is 3. The molecule has 0 spiro atoms. The molecule has 0 fully saturated rings. The second-order valence-electron chi connectivity index (χ2n) is 10.2. The second-order valence-corrected chi connectivity index (χ2v) is 10.7. The van der Waals surface area contributed by atoms with Gasteiger partial charge in [0.2, 0.25) is 11.8 Å². The molecule has 40 heavy (non-hydrogen) atoms. The van der Waals surface area contributed by atoms with Gasteiger partial charge in [-0.2, -0.15) is 0 Å². The second kappa shape index (κ2) is 11.9. The van der Waals surface area contributed by atoms with Gasteiger partial charge in [-0.3, -0.25) is 19.3 Å². The zero-order chi connectivity index (χ0) is 28.2. The Kier molecular flexibility index (Phi) is 8.17. The average Bonchev–Trinajstić information content (AvgIpc) is 3.24. The van der Waals surface area contributed by atoms with Gasteiger partial charge in [-0.1, -0.05) is 85.3 Å². The summed E-state index contributed by atoms with van der Waals surface area (Å²) in [5.74, 6) is -0.748. The maximum Gasteiger partial charge on any atom is 0.259 e. The summed E-state index contributed by atoms with van der Waals surface area (Å²) in [6, 6.07) is 27.4. The molecule has 0 aromatic heterocycles. The molecule has 1 aliphatic heterocycles. The molecule has 6 nitrogen and oxygen atoms in total. The molecular formula is C33H32ClN3O3. The van der Waals surface area contributed by atoms with Gasteiger partial charge in [0.05, 0.1) is 5.69 Å². The Labute approximate surface area is 239 Å². The zero-order valence-electron chi connectivity index (χ0n) is 22.6. The van der Waals surface area contributed by atoms with Crippen LogP contribution in [0, 0.1) is 0 Å². The fraction of sp³-hybridized carbons (Fsp3) is 0.242. The molecule has 1 N–H and O–H groups in total. The Bertz CT molecular complexity index is 1530. The van der Waals surface area contributed by atoms with Gasteiger partial charge in [-0.05, 0) is 54.1 Å². The van der Waals surface area contributed by atoms with Gasteiger partial charge in [0, 0.05) is 35.0 Å². The van der Waals surface area contributed by atoms with Gasteiger partial charge < -0.3 is 10.2 Å². The number of nitrogens with one attached hydrogen (secondary N) is 1. The first-order valence-electron chi connectivity index (χ1n) is 13.6. The van der Waals surface area contributed by atoms with E-state index in [-0.39, 0.29) is 36.9 Å². The minimum atomic E-state index is -0.782. The van der Waals surface area contributed by atoms with Gasteiger partial charge >= 0.3 is 0 Å². The van der Waals surface area contributed by atoms with Crippen LogP contribution in [0.2, 0.25) is 5.02 Å². The predicted octanol–water partition coefficient (Wildman–Crippen LogP) is 6.01. The van der Waals surface area contributed by atoms with Crippen LogP contribution in [0.5, 0.6) is 0 Å². The van der Waals surface area contributed by atoms with Crippen LogP contribution in [0.3, 0.4) is 0 Å². The molecule has 7 heteroatoms. The fourth-order valence-electron chi connectivity index (χ4n) is 5.14. The van der Waals surface area contributed by atoms with E-state index in [2.05, 4.69) is 5.32 Å². The largest absolute Gasteiger partial charge is 0.352 e. The number of rotatable bonds is 10. The van der Waals surface area contributed by atoms with E-state index in [4.69, 9.17) is 11.6 Å². The zero-order valence-corrected chi connectivity index (χ0v) is 23.4. The van der Waals surface area contributed by atoms with E-state index in [9.17, 15) is 14.4 Å². The van der Waals surface area contributed by atoms with Crippen molar-refractivity contribution in [2.24, 2.45) is 0 Å². The van der Waals surface area contributed by atoms with Crippen LogP contribution < -0.4 is 10.2 Å². The first-order chi connectivity index (χ1) is 19.4. The molecule has 0 radical (unpaired) electrons. The van der Waals surface area contributed by atoms with Crippen molar-refractivity contribution in [3.63, 3.8) is 0 Å². The van der Waals surface area contributed by atoms with E-state index in [1.807, 2.05) is 86.6 Å². The normalized spacial score (nSPS) is 13.8. The van der Waals surface area contributed by atoms with Gasteiger partial charge in [-0.25, -0.2) is 0 Å². The number of halogens is 1. The molecule has 0 saturated carbocycles. The highest BCUT2D eigenvalue weighted by atomic mass is 35.5. The highest BCUT2D eigenvalue weighted by Crippen LogP contribution is 2.37. The lowest BCUT2D eigenvalue weighted by Gasteiger charge is -2.33. The Morgan fingerprint density at radius 2 is 1.60 bits per heavy atom. The molecule has 3 amide bonds. The van der Waals surface area contributed by atoms with Crippen molar-refractivity contribution in [2.45, 2.75) is 45.3 Å².